The topological polar surface area (TPSA) is 69.7 Å². The number of amides is 1. The van der Waals surface area contributed by atoms with Crippen LogP contribution < -0.4 is 14.8 Å². The average molecular weight is 346 g/mol. The lowest BCUT2D eigenvalue weighted by Crippen LogP contribution is -2.51. The fourth-order valence-corrected chi connectivity index (χ4v) is 2.60. The zero-order valence-corrected chi connectivity index (χ0v) is 13.8. The fraction of sp³-hybridized carbons (Fsp3) is 0.333. The molecule has 3 rings (SSSR count). The number of hydrogen-bond donors (Lipinski definition) is 1. The standard InChI is InChI=1S/C18H19FN2O4/c1-23-17-6-5-12(10-20-17)18(22)21-15-7-8-24-11-16(15)25-14-4-2-3-13(19)9-14/h2-6,9-10,15-16H,7-8,11H2,1H3,(H,21,22). The number of nitrogens with one attached hydrogen (secondary N) is 1. The molecule has 0 radical (unpaired) electrons. The lowest BCUT2D eigenvalue weighted by molar-refractivity contribution is -0.0136. The molecule has 132 valence electrons. The van der Waals surface area contributed by atoms with E-state index in [0.717, 1.165) is 0 Å². The summed E-state index contributed by atoms with van der Waals surface area (Å²) >= 11 is 0. The highest BCUT2D eigenvalue weighted by Gasteiger charge is 2.29. The molecule has 2 atom stereocenters. The van der Waals surface area contributed by atoms with Crippen molar-refractivity contribution in [3.05, 3.63) is 54.0 Å². The van der Waals surface area contributed by atoms with E-state index in [1.54, 1.807) is 24.3 Å². The molecule has 1 saturated heterocycles. The van der Waals surface area contributed by atoms with Crippen molar-refractivity contribution in [2.24, 2.45) is 0 Å². The molecule has 25 heavy (non-hydrogen) atoms. The monoisotopic (exact) mass is 346 g/mol. The second kappa shape index (κ2) is 7.94. The van der Waals surface area contributed by atoms with E-state index in [9.17, 15) is 9.18 Å². The van der Waals surface area contributed by atoms with E-state index in [0.29, 0.717) is 36.8 Å². The van der Waals surface area contributed by atoms with Gasteiger partial charge in [-0.05, 0) is 24.6 Å². The molecule has 0 saturated carbocycles. The van der Waals surface area contributed by atoms with E-state index in [1.165, 1.54) is 25.4 Å². The van der Waals surface area contributed by atoms with Gasteiger partial charge in [0.2, 0.25) is 5.88 Å². The summed E-state index contributed by atoms with van der Waals surface area (Å²) in [7, 11) is 1.51. The van der Waals surface area contributed by atoms with Gasteiger partial charge in [0.15, 0.2) is 0 Å². The Morgan fingerprint density at radius 2 is 2.24 bits per heavy atom. The molecule has 2 unspecified atom stereocenters. The van der Waals surface area contributed by atoms with E-state index >= 15 is 0 Å². The molecule has 7 heteroatoms. The molecule has 1 aromatic heterocycles. The molecule has 1 aliphatic heterocycles. The molecule has 6 nitrogen and oxygen atoms in total. The van der Waals surface area contributed by atoms with E-state index in [2.05, 4.69) is 10.3 Å². The molecule has 1 amide bonds. The number of halogens is 1. The van der Waals surface area contributed by atoms with Crippen LogP contribution in [0.5, 0.6) is 11.6 Å². The number of carbonyl (C=O) groups excluding carboxylic acids is 1. The quantitative estimate of drug-likeness (QED) is 0.899. The third kappa shape index (κ3) is 4.45. The maximum atomic E-state index is 13.3. The zero-order chi connectivity index (χ0) is 17.6. The van der Waals surface area contributed by atoms with Crippen molar-refractivity contribution in [2.45, 2.75) is 18.6 Å². The number of rotatable bonds is 5. The lowest BCUT2D eigenvalue weighted by atomic mass is 10.1. The van der Waals surface area contributed by atoms with Gasteiger partial charge >= 0.3 is 0 Å². The van der Waals surface area contributed by atoms with Gasteiger partial charge in [-0.1, -0.05) is 6.07 Å². The Bertz CT molecular complexity index is 723. The van der Waals surface area contributed by atoms with Crippen molar-refractivity contribution < 1.29 is 23.4 Å². The minimum absolute atomic E-state index is 0.244. The molecule has 1 aliphatic rings. The summed E-state index contributed by atoms with van der Waals surface area (Å²) in [6, 6.07) is 8.92. The van der Waals surface area contributed by atoms with Crippen LogP contribution in [0.15, 0.2) is 42.6 Å². The average Bonchev–Trinajstić information content (AvgIpc) is 2.63. The van der Waals surface area contributed by atoms with Gasteiger partial charge in [-0.2, -0.15) is 0 Å². The summed E-state index contributed by atoms with van der Waals surface area (Å²) in [4.78, 5) is 16.4. The third-order valence-corrected chi connectivity index (χ3v) is 3.91. The molecular weight excluding hydrogens is 327 g/mol. The predicted octanol–water partition coefficient (Wildman–Crippen LogP) is 2.20. The summed E-state index contributed by atoms with van der Waals surface area (Å²) in [5.74, 6) is 0.213. The van der Waals surface area contributed by atoms with Gasteiger partial charge in [-0.25, -0.2) is 9.37 Å². The normalized spacial score (nSPS) is 19.9. The molecule has 1 aromatic carbocycles. The number of benzene rings is 1. The number of ether oxygens (including phenoxy) is 3. The van der Waals surface area contributed by atoms with Crippen molar-refractivity contribution in [2.75, 3.05) is 20.3 Å². The van der Waals surface area contributed by atoms with Crippen molar-refractivity contribution in [1.82, 2.24) is 10.3 Å². The van der Waals surface area contributed by atoms with E-state index < -0.39 is 6.10 Å². The van der Waals surface area contributed by atoms with Gasteiger partial charge in [-0.3, -0.25) is 4.79 Å². The first-order valence-electron chi connectivity index (χ1n) is 7.96. The summed E-state index contributed by atoms with van der Waals surface area (Å²) in [6.07, 6.45) is 1.66. The van der Waals surface area contributed by atoms with Gasteiger partial charge in [0.1, 0.15) is 17.7 Å². The molecule has 1 N–H and O–H groups in total. The number of nitrogens with zero attached hydrogens (tertiary/aromatic N) is 1. The number of pyridine rings is 1. The first kappa shape index (κ1) is 17.2. The summed E-state index contributed by atoms with van der Waals surface area (Å²) in [5, 5.41) is 2.94. The Balaban J connectivity index is 1.66. The largest absolute Gasteiger partial charge is 0.486 e. The first-order chi connectivity index (χ1) is 12.2. The minimum atomic E-state index is -0.397. The maximum absolute atomic E-state index is 13.3. The van der Waals surface area contributed by atoms with Gasteiger partial charge < -0.3 is 19.5 Å². The number of methoxy groups -OCH3 is 1. The number of aromatic nitrogens is 1. The van der Waals surface area contributed by atoms with Crippen LogP contribution in [0, 0.1) is 5.82 Å². The van der Waals surface area contributed by atoms with Gasteiger partial charge in [0.25, 0.3) is 5.91 Å². The van der Waals surface area contributed by atoms with Crippen LogP contribution in [0.3, 0.4) is 0 Å². The highest BCUT2D eigenvalue weighted by Crippen LogP contribution is 2.19. The molecule has 2 heterocycles. The Kier molecular flexibility index (Phi) is 5.45. The Morgan fingerprint density at radius 1 is 1.36 bits per heavy atom. The predicted molar refractivity (Wildman–Crippen MR) is 88.3 cm³/mol. The van der Waals surface area contributed by atoms with Crippen LogP contribution in [0.4, 0.5) is 4.39 Å². The Hall–Kier alpha value is -2.67. The van der Waals surface area contributed by atoms with Gasteiger partial charge in [0, 0.05) is 24.9 Å². The van der Waals surface area contributed by atoms with Crippen LogP contribution in [-0.4, -0.2) is 43.4 Å². The summed E-state index contributed by atoms with van der Waals surface area (Å²) < 4.78 is 29.5. The minimum Gasteiger partial charge on any atom is -0.486 e. The van der Waals surface area contributed by atoms with E-state index in [4.69, 9.17) is 14.2 Å². The maximum Gasteiger partial charge on any atom is 0.253 e. The molecule has 0 aliphatic carbocycles. The Morgan fingerprint density at radius 3 is 2.96 bits per heavy atom. The highest BCUT2D eigenvalue weighted by molar-refractivity contribution is 5.94. The van der Waals surface area contributed by atoms with Crippen LogP contribution in [-0.2, 0) is 4.74 Å². The van der Waals surface area contributed by atoms with Crippen molar-refractivity contribution >= 4 is 5.91 Å². The smallest absolute Gasteiger partial charge is 0.253 e. The highest BCUT2D eigenvalue weighted by atomic mass is 19.1. The molecule has 0 spiro atoms. The Labute approximate surface area is 144 Å². The molecule has 0 bridgehead atoms. The van der Waals surface area contributed by atoms with Crippen molar-refractivity contribution in [1.29, 1.82) is 0 Å². The number of hydrogen-bond acceptors (Lipinski definition) is 5. The molecule has 2 aromatic rings. The third-order valence-electron chi connectivity index (χ3n) is 3.91. The lowest BCUT2D eigenvalue weighted by Gasteiger charge is -2.32. The SMILES string of the molecule is COc1ccc(C(=O)NC2CCOCC2Oc2cccc(F)c2)cn1. The fourth-order valence-electron chi connectivity index (χ4n) is 2.60. The first-order valence-corrected chi connectivity index (χ1v) is 7.96. The van der Waals surface area contributed by atoms with Gasteiger partial charge in [-0.15, -0.1) is 0 Å². The van der Waals surface area contributed by atoms with Crippen LogP contribution in [0.25, 0.3) is 0 Å². The molecular formula is C18H19FN2O4. The summed E-state index contributed by atoms with van der Waals surface area (Å²) in [5.41, 5.74) is 0.428. The van der Waals surface area contributed by atoms with Gasteiger partial charge in [0.05, 0.1) is 25.3 Å². The molecule has 1 fully saturated rings. The second-order valence-electron chi connectivity index (χ2n) is 5.65. The van der Waals surface area contributed by atoms with E-state index in [-0.39, 0.29) is 17.8 Å². The van der Waals surface area contributed by atoms with Crippen molar-refractivity contribution in [3.8, 4) is 11.6 Å². The van der Waals surface area contributed by atoms with Crippen molar-refractivity contribution in [3.63, 3.8) is 0 Å². The zero-order valence-electron chi connectivity index (χ0n) is 13.8. The summed E-state index contributed by atoms with van der Waals surface area (Å²) in [6.45, 7) is 0.844. The number of carbonyl (C=O) groups is 1. The van der Waals surface area contributed by atoms with Crippen LogP contribution in [0.1, 0.15) is 16.8 Å². The second-order valence-corrected chi connectivity index (χ2v) is 5.65. The van der Waals surface area contributed by atoms with Crippen LogP contribution >= 0.6 is 0 Å². The van der Waals surface area contributed by atoms with Crippen LogP contribution in [0.2, 0.25) is 0 Å². The van der Waals surface area contributed by atoms with E-state index in [1.807, 2.05) is 0 Å².